The average Bonchev–Trinajstić information content (AvgIpc) is 3.04. The van der Waals surface area contributed by atoms with Crippen molar-refractivity contribution in [2.45, 2.75) is 25.4 Å². The van der Waals surface area contributed by atoms with Gasteiger partial charge in [0.1, 0.15) is 5.75 Å². The molecule has 6 nitrogen and oxygen atoms in total. The molecular weight excluding hydrogens is 396 g/mol. The molecule has 7 heteroatoms. The molecule has 0 aromatic heterocycles. The summed E-state index contributed by atoms with van der Waals surface area (Å²) in [5, 5.41) is 0. The zero-order valence-electron chi connectivity index (χ0n) is 14.5. The number of benzene rings is 2. The van der Waals surface area contributed by atoms with E-state index in [1.807, 2.05) is 43.3 Å². The second-order valence-electron chi connectivity index (χ2n) is 6.36. The van der Waals surface area contributed by atoms with Crippen LogP contribution in [0.2, 0.25) is 0 Å². The summed E-state index contributed by atoms with van der Waals surface area (Å²) in [6.45, 7) is 2.50. The minimum atomic E-state index is -0.342. The van der Waals surface area contributed by atoms with Crippen molar-refractivity contribution in [1.29, 1.82) is 0 Å². The Morgan fingerprint density at radius 2 is 2.00 bits per heavy atom. The third-order valence-corrected chi connectivity index (χ3v) is 5.10. The van der Waals surface area contributed by atoms with Crippen LogP contribution in [0, 0.1) is 5.92 Å². The summed E-state index contributed by atoms with van der Waals surface area (Å²) >= 11 is 3.51. The summed E-state index contributed by atoms with van der Waals surface area (Å²) in [6.07, 6.45) is 0.815. The average molecular weight is 419 g/mol. The lowest BCUT2D eigenvalue weighted by molar-refractivity contribution is -0.125. The molecule has 5 N–H and O–H groups in total. The minimum absolute atomic E-state index is 0.0558. The zero-order chi connectivity index (χ0) is 18.5. The van der Waals surface area contributed by atoms with Gasteiger partial charge in [-0.3, -0.25) is 15.6 Å². The van der Waals surface area contributed by atoms with Crippen LogP contribution in [0.4, 0.5) is 0 Å². The van der Waals surface area contributed by atoms with Gasteiger partial charge in [-0.25, -0.2) is 11.3 Å². The number of hydrogen-bond donors (Lipinski definition) is 4. The van der Waals surface area contributed by atoms with E-state index in [1.54, 1.807) is 0 Å². The zero-order valence-corrected chi connectivity index (χ0v) is 16.1. The van der Waals surface area contributed by atoms with E-state index in [9.17, 15) is 4.79 Å². The molecule has 1 aliphatic heterocycles. The topological polar surface area (TPSA) is 88.4 Å². The van der Waals surface area contributed by atoms with Crippen LogP contribution in [0.15, 0.2) is 53.0 Å². The SMILES string of the molecule is CC1NNC(c2cc(Br)ccc2OCCc2ccccc2)C1C(=O)NN. The molecule has 138 valence electrons. The number of rotatable bonds is 6. The van der Waals surface area contributed by atoms with Crippen LogP contribution in [0.1, 0.15) is 24.1 Å². The van der Waals surface area contributed by atoms with E-state index in [4.69, 9.17) is 10.6 Å². The molecule has 3 unspecified atom stereocenters. The predicted octanol–water partition coefficient (Wildman–Crippen LogP) is 2.21. The Balaban J connectivity index is 1.78. The number of carbonyl (C=O) groups is 1. The van der Waals surface area contributed by atoms with Crippen molar-refractivity contribution in [3.8, 4) is 5.75 Å². The number of nitrogens with one attached hydrogen (secondary N) is 3. The van der Waals surface area contributed by atoms with Crippen LogP contribution in [0.25, 0.3) is 0 Å². The van der Waals surface area contributed by atoms with Crippen molar-refractivity contribution in [2.75, 3.05) is 6.61 Å². The van der Waals surface area contributed by atoms with Gasteiger partial charge in [0.05, 0.1) is 18.6 Å². The van der Waals surface area contributed by atoms with Gasteiger partial charge in [0.25, 0.3) is 0 Å². The van der Waals surface area contributed by atoms with Crippen molar-refractivity contribution >= 4 is 21.8 Å². The van der Waals surface area contributed by atoms with Crippen LogP contribution in [0.5, 0.6) is 5.75 Å². The third kappa shape index (κ3) is 4.24. The van der Waals surface area contributed by atoms with Gasteiger partial charge in [-0.2, -0.15) is 0 Å². The number of amides is 1. The molecule has 0 saturated carbocycles. The fourth-order valence-electron chi connectivity index (χ4n) is 3.25. The summed E-state index contributed by atoms with van der Waals surface area (Å²) in [6, 6.07) is 15.7. The van der Waals surface area contributed by atoms with Gasteiger partial charge < -0.3 is 4.74 Å². The van der Waals surface area contributed by atoms with Crippen molar-refractivity contribution in [1.82, 2.24) is 16.3 Å². The predicted molar refractivity (Wildman–Crippen MR) is 104 cm³/mol. The Morgan fingerprint density at radius 1 is 1.23 bits per heavy atom. The molecule has 1 aliphatic rings. The van der Waals surface area contributed by atoms with E-state index in [2.05, 4.69) is 44.3 Å². The van der Waals surface area contributed by atoms with Crippen LogP contribution in [-0.4, -0.2) is 18.6 Å². The molecule has 2 aromatic rings. The molecule has 0 bridgehead atoms. The van der Waals surface area contributed by atoms with Gasteiger partial charge in [-0.15, -0.1) is 0 Å². The first-order valence-corrected chi connectivity index (χ1v) is 9.37. The molecule has 0 spiro atoms. The lowest BCUT2D eigenvalue weighted by atomic mass is 9.89. The second kappa shape index (κ2) is 8.64. The Bertz CT molecular complexity index is 756. The minimum Gasteiger partial charge on any atom is -0.493 e. The Morgan fingerprint density at radius 3 is 2.73 bits per heavy atom. The van der Waals surface area contributed by atoms with Crippen LogP contribution in [-0.2, 0) is 11.2 Å². The summed E-state index contributed by atoms with van der Waals surface area (Å²) in [5.74, 6) is 5.57. The highest BCUT2D eigenvalue weighted by Gasteiger charge is 2.40. The molecule has 3 rings (SSSR count). The Hall–Kier alpha value is -1.93. The van der Waals surface area contributed by atoms with Gasteiger partial charge in [0, 0.05) is 22.5 Å². The maximum atomic E-state index is 12.2. The highest BCUT2D eigenvalue weighted by molar-refractivity contribution is 9.10. The summed E-state index contributed by atoms with van der Waals surface area (Å²) < 4.78 is 6.98. The first kappa shape index (κ1) is 18.8. The first-order valence-electron chi connectivity index (χ1n) is 8.58. The summed E-state index contributed by atoms with van der Waals surface area (Å²) in [5.41, 5.74) is 10.7. The molecule has 26 heavy (non-hydrogen) atoms. The van der Waals surface area contributed by atoms with E-state index in [0.29, 0.717) is 6.61 Å². The first-order chi connectivity index (χ1) is 12.6. The molecule has 1 heterocycles. The highest BCUT2D eigenvalue weighted by atomic mass is 79.9. The molecule has 3 atom stereocenters. The van der Waals surface area contributed by atoms with E-state index in [-0.39, 0.29) is 23.9 Å². The van der Waals surface area contributed by atoms with Crippen LogP contribution in [0.3, 0.4) is 0 Å². The number of hydrazine groups is 2. The number of hydrogen-bond acceptors (Lipinski definition) is 5. The van der Waals surface area contributed by atoms with Gasteiger partial charge in [-0.05, 0) is 30.7 Å². The smallest absolute Gasteiger partial charge is 0.240 e. The van der Waals surface area contributed by atoms with E-state index >= 15 is 0 Å². The number of carbonyl (C=O) groups excluding carboxylic acids is 1. The van der Waals surface area contributed by atoms with E-state index in [0.717, 1.165) is 22.2 Å². The maximum Gasteiger partial charge on any atom is 0.240 e. The monoisotopic (exact) mass is 418 g/mol. The van der Waals surface area contributed by atoms with Crippen molar-refractivity contribution < 1.29 is 9.53 Å². The fourth-order valence-corrected chi connectivity index (χ4v) is 3.63. The van der Waals surface area contributed by atoms with Gasteiger partial charge in [0.15, 0.2) is 0 Å². The van der Waals surface area contributed by atoms with Crippen LogP contribution < -0.4 is 26.9 Å². The molecule has 0 radical (unpaired) electrons. The largest absolute Gasteiger partial charge is 0.493 e. The van der Waals surface area contributed by atoms with Crippen LogP contribution >= 0.6 is 15.9 Å². The van der Waals surface area contributed by atoms with E-state index < -0.39 is 0 Å². The highest BCUT2D eigenvalue weighted by Crippen LogP contribution is 2.36. The summed E-state index contributed by atoms with van der Waals surface area (Å²) in [7, 11) is 0. The molecule has 0 aliphatic carbocycles. The number of nitrogens with two attached hydrogens (primary N) is 1. The van der Waals surface area contributed by atoms with Gasteiger partial charge in [-0.1, -0.05) is 46.3 Å². The van der Waals surface area contributed by atoms with E-state index in [1.165, 1.54) is 5.56 Å². The van der Waals surface area contributed by atoms with Gasteiger partial charge >= 0.3 is 0 Å². The quantitative estimate of drug-likeness (QED) is 0.328. The molecule has 2 aromatic carbocycles. The molecule has 1 saturated heterocycles. The van der Waals surface area contributed by atoms with Crippen molar-refractivity contribution in [3.63, 3.8) is 0 Å². The van der Waals surface area contributed by atoms with Crippen molar-refractivity contribution in [2.24, 2.45) is 11.8 Å². The van der Waals surface area contributed by atoms with Gasteiger partial charge in [0.2, 0.25) is 5.91 Å². The fraction of sp³-hybridized carbons (Fsp3) is 0.316. The van der Waals surface area contributed by atoms with Crippen molar-refractivity contribution in [3.05, 3.63) is 64.1 Å². The molecule has 1 amide bonds. The normalized spacial score (nSPS) is 22.2. The third-order valence-electron chi connectivity index (χ3n) is 4.61. The Kier molecular flexibility index (Phi) is 6.26. The Labute approximate surface area is 161 Å². The lowest BCUT2D eigenvalue weighted by Crippen LogP contribution is -2.41. The molecule has 1 fully saturated rings. The molecular formula is C19H23BrN4O2. The summed E-state index contributed by atoms with van der Waals surface area (Å²) in [4.78, 5) is 12.2. The lowest BCUT2D eigenvalue weighted by Gasteiger charge is -2.22. The second-order valence-corrected chi connectivity index (χ2v) is 7.27. The number of halogens is 1. The number of ether oxygens (including phenoxy) is 1. The maximum absolute atomic E-state index is 12.2. The standard InChI is InChI=1S/C19H23BrN4O2/c1-12-17(19(25)22-21)18(24-23-12)15-11-14(20)7-8-16(15)26-10-9-13-5-3-2-4-6-13/h2-8,11-12,17-18,23-24H,9-10,21H2,1H3,(H,22,25).